The van der Waals surface area contributed by atoms with Crippen molar-refractivity contribution in [2.45, 2.75) is 79.7 Å². The van der Waals surface area contributed by atoms with Crippen LogP contribution in [0.4, 0.5) is 0 Å². The summed E-state index contributed by atoms with van der Waals surface area (Å²) in [4.78, 5) is 0. The van der Waals surface area contributed by atoms with Gasteiger partial charge in [-0.3, -0.25) is 0 Å². The molecule has 0 amide bonds. The van der Waals surface area contributed by atoms with Gasteiger partial charge in [-0.2, -0.15) is 0 Å². The third-order valence-corrected chi connectivity index (χ3v) is 3.00. The Labute approximate surface area is 129 Å². The molecule has 21 heavy (non-hydrogen) atoms. The number of ether oxygens (including phenoxy) is 3. The van der Waals surface area contributed by atoms with Crippen LogP contribution in [0.5, 0.6) is 0 Å². The number of rotatable bonds is 9. The van der Waals surface area contributed by atoms with Crippen molar-refractivity contribution in [1.29, 1.82) is 0 Å². The molecule has 0 saturated carbocycles. The molecular weight excluding hydrogens is 264 g/mol. The van der Waals surface area contributed by atoms with E-state index in [1.807, 2.05) is 13.8 Å². The van der Waals surface area contributed by atoms with Gasteiger partial charge in [-0.15, -0.1) is 0 Å². The maximum absolute atomic E-state index is 5.76. The van der Waals surface area contributed by atoms with Crippen molar-refractivity contribution >= 4 is 0 Å². The molecule has 3 heteroatoms. The molecule has 0 fully saturated rings. The van der Waals surface area contributed by atoms with Gasteiger partial charge in [-0.25, -0.2) is 0 Å². The van der Waals surface area contributed by atoms with Crippen LogP contribution in [-0.4, -0.2) is 18.3 Å². The van der Waals surface area contributed by atoms with Gasteiger partial charge in [-0.1, -0.05) is 18.2 Å². The maximum atomic E-state index is 5.76. The van der Waals surface area contributed by atoms with E-state index >= 15 is 0 Å². The van der Waals surface area contributed by atoms with E-state index in [2.05, 4.69) is 45.9 Å². The summed E-state index contributed by atoms with van der Waals surface area (Å²) in [6, 6.07) is 6.41. The van der Waals surface area contributed by atoms with E-state index in [1.54, 1.807) is 0 Å². The Balaban J connectivity index is 2.79. The lowest BCUT2D eigenvalue weighted by molar-refractivity contribution is 0.0528. The van der Waals surface area contributed by atoms with Crippen LogP contribution in [0.3, 0.4) is 0 Å². The molecule has 0 aromatic heterocycles. The second-order valence-electron chi connectivity index (χ2n) is 6.18. The molecule has 1 rings (SSSR count). The van der Waals surface area contributed by atoms with E-state index in [0.29, 0.717) is 19.8 Å². The van der Waals surface area contributed by atoms with E-state index in [0.717, 1.165) is 0 Å². The fourth-order valence-electron chi connectivity index (χ4n) is 1.82. The summed E-state index contributed by atoms with van der Waals surface area (Å²) < 4.78 is 17.2. The molecule has 120 valence electrons. The first-order chi connectivity index (χ1) is 9.88. The minimum Gasteiger partial charge on any atom is -0.374 e. The summed E-state index contributed by atoms with van der Waals surface area (Å²) in [6.07, 6.45) is 0.691. The standard InChI is InChI=1S/C18H30O3/c1-13(2)19-10-16-7-8-17(11-20-14(3)4)18(9-16)12-21-15(5)6/h7-9,13-15H,10-12H2,1-6H3. The Morgan fingerprint density at radius 1 is 0.667 bits per heavy atom. The largest absolute Gasteiger partial charge is 0.374 e. The van der Waals surface area contributed by atoms with Gasteiger partial charge >= 0.3 is 0 Å². The highest BCUT2D eigenvalue weighted by atomic mass is 16.5. The Kier molecular flexibility index (Phi) is 7.94. The second kappa shape index (κ2) is 9.19. The topological polar surface area (TPSA) is 27.7 Å². The van der Waals surface area contributed by atoms with Gasteiger partial charge in [-0.05, 0) is 58.2 Å². The van der Waals surface area contributed by atoms with Crippen molar-refractivity contribution in [2.75, 3.05) is 0 Å². The molecule has 0 heterocycles. The van der Waals surface area contributed by atoms with Crippen molar-refractivity contribution in [1.82, 2.24) is 0 Å². The molecule has 0 bridgehead atoms. The summed E-state index contributed by atoms with van der Waals surface area (Å²) in [5.41, 5.74) is 3.56. The monoisotopic (exact) mass is 294 g/mol. The van der Waals surface area contributed by atoms with Crippen molar-refractivity contribution in [3.8, 4) is 0 Å². The summed E-state index contributed by atoms with van der Waals surface area (Å²) in [5.74, 6) is 0. The maximum Gasteiger partial charge on any atom is 0.0723 e. The smallest absolute Gasteiger partial charge is 0.0723 e. The molecule has 0 spiro atoms. The van der Waals surface area contributed by atoms with E-state index in [-0.39, 0.29) is 18.3 Å². The molecule has 0 aliphatic heterocycles. The van der Waals surface area contributed by atoms with Crippen molar-refractivity contribution < 1.29 is 14.2 Å². The van der Waals surface area contributed by atoms with Crippen LogP contribution in [0.15, 0.2) is 18.2 Å². The van der Waals surface area contributed by atoms with Gasteiger partial charge in [0.2, 0.25) is 0 Å². The first kappa shape index (κ1) is 18.1. The van der Waals surface area contributed by atoms with Gasteiger partial charge in [0.15, 0.2) is 0 Å². The summed E-state index contributed by atoms with van der Waals surface area (Å²) in [5, 5.41) is 0. The molecule has 1 aromatic carbocycles. The quantitative estimate of drug-likeness (QED) is 0.673. The van der Waals surface area contributed by atoms with E-state index in [9.17, 15) is 0 Å². The highest BCUT2D eigenvalue weighted by Gasteiger charge is 2.08. The molecule has 0 atom stereocenters. The number of hydrogen-bond acceptors (Lipinski definition) is 3. The minimum atomic E-state index is 0.222. The predicted molar refractivity (Wildman–Crippen MR) is 86.2 cm³/mol. The zero-order valence-corrected chi connectivity index (χ0v) is 14.3. The van der Waals surface area contributed by atoms with Gasteiger partial charge in [0.1, 0.15) is 0 Å². The second-order valence-corrected chi connectivity index (χ2v) is 6.18. The van der Waals surface area contributed by atoms with Crippen LogP contribution in [0, 0.1) is 0 Å². The molecule has 1 aromatic rings. The van der Waals surface area contributed by atoms with Gasteiger partial charge in [0.05, 0.1) is 38.1 Å². The van der Waals surface area contributed by atoms with Crippen LogP contribution < -0.4 is 0 Å². The number of benzene rings is 1. The lowest BCUT2D eigenvalue weighted by atomic mass is 10.0. The van der Waals surface area contributed by atoms with Crippen LogP contribution in [-0.2, 0) is 34.0 Å². The fourth-order valence-corrected chi connectivity index (χ4v) is 1.82. The third kappa shape index (κ3) is 7.60. The molecule has 3 nitrogen and oxygen atoms in total. The molecule has 0 N–H and O–H groups in total. The van der Waals surface area contributed by atoms with Gasteiger partial charge < -0.3 is 14.2 Å². The first-order valence-corrected chi connectivity index (χ1v) is 7.84. The molecule has 0 aliphatic carbocycles. The Morgan fingerprint density at radius 2 is 1.14 bits per heavy atom. The molecule has 0 unspecified atom stereocenters. The van der Waals surface area contributed by atoms with Crippen LogP contribution in [0.1, 0.15) is 58.2 Å². The van der Waals surface area contributed by atoms with Crippen LogP contribution in [0.25, 0.3) is 0 Å². The van der Waals surface area contributed by atoms with E-state index < -0.39 is 0 Å². The third-order valence-electron chi connectivity index (χ3n) is 3.00. The Morgan fingerprint density at radius 3 is 1.67 bits per heavy atom. The molecule has 0 saturated heterocycles. The van der Waals surface area contributed by atoms with Crippen molar-refractivity contribution in [3.05, 3.63) is 34.9 Å². The van der Waals surface area contributed by atoms with Crippen molar-refractivity contribution in [3.63, 3.8) is 0 Å². The summed E-state index contributed by atoms with van der Waals surface area (Å²) >= 11 is 0. The summed E-state index contributed by atoms with van der Waals surface area (Å²) in [7, 11) is 0. The van der Waals surface area contributed by atoms with E-state index in [1.165, 1.54) is 16.7 Å². The SMILES string of the molecule is CC(C)OCc1ccc(COC(C)C)c(COC(C)C)c1. The zero-order chi connectivity index (χ0) is 15.8. The van der Waals surface area contributed by atoms with E-state index in [4.69, 9.17) is 14.2 Å². The molecule has 0 aliphatic rings. The lowest BCUT2D eigenvalue weighted by Crippen LogP contribution is -2.09. The first-order valence-electron chi connectivity index (χ1n) is 7.84. The van der Waals surface area contributed by atoms with Gasteiger partial charge in [0.25, 0.3) is 0 Å². The van der Waals surface area contributed by atoms with Crippen molar-refractivity contribution in [2.24, 2.45) is 0 Å². The highest BCUT2D eigenvalue weighted by Crippen LogP contribution is 2.17. The predicted octanol–water partition coefficient (Wildman–Crippen LogP) is 4.46. The number of hydrogen-bond donors (Lipinski definition) is 0. The Bertz CT molecular complexity index is 411. The molecule has 0 radical (unpaired) electrons. The molecular formula is C18H30O3. The fraction of sp³-hybridized carbons (Fsp3) is 0.667. The van der Waals surface area contributed by atoms with Crippen LogP contribution in [0.2, 0.25) is 0 Å². The van der Waals surface area contributed by atoms with Gasteiger partial charge in [0, 0.05) is 0 Å². The normalized spacial score (nSPS) is 11.9. The average Bonchev–Trinajstić information content (AvgIpc) is 2.41. The lowest BCUT2D eigenvalue weighted by Gasteiger charge is -2.16. The average molecular weight is 294 g/mol. The summed E-state index contributed by atoms with van der Waals surface area (Å²) in [6.45, 7) is 14.2. The van der Waals surface area contributed by atoms with Crippen LogP contribution >= 0.6 is 0 Å². The minimum absolute atomic E-state index is 0.222. The Hall–Kier alpha value is -0.900. The highest BCUT2D eigenvalue weighted by molar-refractivity contribution is 5.31. The zero-order valence-electron chi connectivity index (χ0n) is 14.3.